The summed E-state index contributed by atoms with van der Waals surface area (Å²) in [6, 6.07) is 13.0. The van der Waals surface area contributed by atoms with E-state index in [0.717, 1.165) is 6.21 Å². The van der Waals surface area contributed by atoms with Crippen LogP contribution in [0.25, 0.3) is 0 Å². The average Bonchev–Trinajstić information content (AvgIpc) is 3.35. The van der Waals surface area contributed by atoms with Gasteiger partial charge in [-0.3, -0.25) is 19.7 Å². The highest BCUT2D eigenvalue weighted by atomic mass is 16.6. The summed E-state index contributed by atoms with van der Waals surface area (Å²) in [4.78, 5) is 47.0. The van der Waals surface area contributed by atoms with E-state index in [0.29, 0.717) is 5.69 Å². The number of nitro groups is 1. The largest absolute Gasteiger partial charge is 0.457 e. The molecule has 0 atom stereocenters. The molecule has 0 saturated carbocycles. The van der Waals surface area contributed by atoms with Gasteiger partial charge in [0.25, 0.3) is 5.91 Å². The summed E-state index contributed by atoms with van der Waals surface area (Å²) in [5.41, 5.74) is 2.72. The molecule has 3 aromatic rings. The summed E-state index contributed by atoms with van der Waals surface area (Å²) in [5, 5.41) is 17.9. The first kappa shape index (κ1) is 23.9. The Labute approximate surface area is 193 Å². The molecular weight excluding hydrogens is 444 g/mol. The second-order valence-corrected chi connectivity index (χ2v) is 7.24. The number of anilines is 1. The fourth-order valence-corrected chi connectivity index (χ4v) is 2.65. The van der Waals surface area contributed by atoms with Gasteiger partial charge in [0.05, 0.1) is 17.4 Å². The van der Waals surface area contributed by atoms with Crippen LogP contribution in [0.1, 0.15) is 40.3 Å². The lowest BCUT2D eigenvalue weighted by Gasteiger charge is -2.08. The SMILES string of the molecule is CC(C)C(=O)Nc1ccc(C(=O)N/N=C/c2cccc([N+](=O)[O-])c2OC(=O)c2ccco2)cc1. The number of hydrogen-bond donors (Lipinski definition) is 2. The Morgan fingerprint density at radius 2 is 1.82 bits per heavy atom. The standard InChI is InChI=1S/C23H20N4O7/c1-14(2)21(28)25-17-10-8-15(9-11-17)22(29)26-24-13-16-5-3-6-18(27(31)32)20(16)34-23(30)19-7-4-12-33-19/h3-14H,1-2H3,(H,25,28)(H,26,29)/b24-13+. The number of nitrogens with zero attached hydrogens (tertiary/aromatic N) is 2. The smallest absolute Gasteiger partial charge is 0.379 e. The van der Waals surface area contributed by atoms with Crippen LogP contribution in [0.3, 0.4) is 0 Å². The molecule has 0 radical (unpaired) electrons. The van der Waals surface area contributed by atoms with Crippen LogP contribution in [-0.4, -0.2) is 28.9 Å². The van der Waals surface area contributed by atoms with Crippen molar-refractivity contribution in [2.24, 2.45) is 11.0 Å². The number of carbonyl (C=O) groups excluding carboxylic acids is 3. The number of benzene rings is 2. The Balaban J connectivity index is 1.73. The number of amides is 2. The van der Waals surface area contributed by atoms with Gasteiger partial charge >= 0.3 is 11.7 Å². The van der Waals surface area contributed by atoms with Crippen molar-refractivity contribution in [1.82, 2.24) is 5.43 Å². The van der Waals surface area contributed by atoms with Gasteiger partial charge in [-0.1, -0.05) is 19.9 Å². The molecule has 174 valence electrons. The van der Waals surface area contributed by atoms with Crippen molar-refractivity contribution >= 4 is 35.4 Å². The molecule has 0 aliphatic rings. The molecule has 0 aliphatic carbocycles. The van der Waals surface area contributed by atoms with Crippen molar-refractivity contribution in [2.45, 2.75) is 13.8 Å². The Hall–Kier alpha value is -4.80. The van der Waals surface area contributed by atoms with Crippen molar-refractivity contribution in [3.05, 3.63) is 87.9 Å². The van der Waals surface area contributed by atoms with E-state index in [4.69, 9.17) is 9.15 Å². The maximum Gasteiger partial charge on any atom is 0.379 e. The molecule has 2 N–H and O–H groups in total. The minimum atomic E-state index is -0.928. The van der Waals surface area contributed by atoms with Crippen LogP contribution in [-0.2, 0) is 4.79 Å². The van der Waals surface area contributed by atoms with Crippen LogP contribution >= 0.6 is 0 Å². The van der Waals surface area contributed by atoms with E-state index >= 15 is 0 Å². The first-order valence-corrected chi connectivity index (χ1v) is 10.0. The maximum atomic E-state index is 12.4. The van der Waals surface area contributed by atoms with Gasteiger partial charge in [-0.05, 0) is 42.5 Å². The average molecular weight is 464 g/mol. The molecule has 11 nitrogen and oxygen atoms in total. The number of esters is 1. The number of furan rings is 1. The van der Waals surface area contributed by atoms with Crippen LogP contribution in [0.2, 0.25) is 0 Å². The first-order chi connectivity index (χ1) is 16.3. The summed E-state index contributed by atoms with van der Waals surface area (Å²) >= 11 is 0. The zero-order valence-electron chi connectivity index (χ0n) is 18.2. The Kier molecular flexibility index (Phi) is 7.49. The number of rotatable bonds is 8. The topological polar surface area (TPSA) is 153 Å². The predicted molar refractivity (Wildman–Crippen MR) is 122 cm³/mol. The Morgan fingerprint density at radius 1 is 1.09 bits per heavy atom. The van der Waals surface area contributed by atoms with Gasteiger partial charge in [-0.25, -0.2) is 10.2 Å². The van der Waals surface area contributed by atoms with Gasteiger partial charge in [0.15, 0.2) is 0 Å². The number of para-hydroxylation sites is 1. The highest BCUT2D eigenvalue weighted by molar-refractivity contribution is 5.97. The van der Waals surface area contributed by atoms with Gasteiger partial charge in [-0.15, -0.1) is 0 Å². The quantitative estimate of drug-likeness (QED) is 0.169. The van der Waals surface area contributed by atoms with Gasteiger partial charge in [0, 0.05) is 28.8 Å². The summed E-state index contributed by atoms with van der Waals surface area (Å²) in [5.74, 6) is -2.31. The molecule has 0 unspecified atom stereocenters. The van der Waals surface area contributed by atoms with Gasteiger partial charge < -0.3 is 14.5 Å². The third kappa shape index (κ3) is 5.91. The van der Waals surface area contributed by atoms with Gasteiger partial charge in [0.1, 0.15) is 0 Å². The number of carbonyl (C=O) groups is 3. The lowest BCUT2D eigenvalue weighted by atomic mass is 10.1. The van der Waals surface area contributed by atoms with Crippen molar-refractivity contribution in [3.63, 3.8) is 0 Å². The third-order valence-corrected chi connectivity index (χ3v) is 4.45. The molecule has 2 amide bonds. The van der Waals surface area contributed by atoms with Crippen LogP contribution < -0.4 is 15.5 Å². The number of hydrogen-bond acceptors (Lipinski definition) is 8. The van der Waals surface area contributed by atoms with Crippen LogP contribution in [0.15, 0.2) is 70.4 Å². The van der Waals surface area contributed by atoms with E-state index in [-0.39, 0.29) is 34.5 Å². The molecule has 0 aliphatic heterocycles. The molecule has 1 aromatic heterocycles. The van der Waals surface area contributed by atoms with E-state index in [9.17, 15) is 24.5 Å². The van der Waals surface area contributed by atoms with Crippen molar-refractivity contribution in [3.8, 4) is 5.75 Å². The fraction of sp³-hybridized carbons (Fsp3) is 0.130. The van der Waals surface area contributed by atoms with Crippen molar-refractivity contribution in [1.29, 1.82) is 0 Å². The molecular formula is C23H20N4O7. The second kappa shape index (κ2) is 10.7. The summed E-state index contributed by atoms with van der Waals surface area (Å²) < 4.78 is 10.1. The Morgan fingerprint density at radius 3 is 2.44 bits per heavy atom. The van der Waals surface area contributed by atoms with Crippen LogP contribution in [0.5, 0.6) is 5.75 Å². The summed E-state index contributed by atoms with van der Waals surface area (Å²) in [6.45, 7) is 3.53. The maximum absolute atomic E-state index is 12.4. The van der Waals surface area contributed by atoms with E-state index in [1.807, 2.05) is 0 Å². The molecule has 0 spiro atoms. The molecule has 0 saturated heterocycles. The van der Waals surface area contributed by atoms with E-state index < -0.39 is 22.5 Å². The van der Waals surface area contributed by atoms with E-state index in [1.54, 1.807) is 26.0 Å². The van der Waals surface area contributed by atoms with Crippen LogP contribution in [0, 0.1) is 16.0 Å². The number of hydrazone groups is 1. The number of nitro benzene ring substituents is 1. The van der Waals surface area contributed by atoms with E-state index in [2.05, 4.69) is 15.8 Å². The number of ether oxygens (including phenoxy) is 1. The predicted octanol–water partition coefficient (Wildman–Crippen LogP) is 3.77. The molecule has 2 aromatic carbocycles. The van der Waals surface area contributed by atoms with Crippen molar-refractivity contribution in [2.75, 3.05) is 5.32 Å². The van der Waals surface area contributed by atoms with Crippen molar-refractivity contribution < 1.29 is 28.5 Å². The van der Waals surface area contributed by atoms with Gasteiger partial charge in [0.2, 0.25) is 17.4 Å². The van der Waals surface area contributed by atoms with Gasteiger partial charge in [-0.2, -0.15) is 5.10 Å². The highest BCUT2D eigenvalue weighted by Gasteiger charge is 2.23. The fourth-order valence-electron chi connectivity index (χ4n) is 2.65. The zero-order chi connectivity index (χ0) is 24.7. The normalized spacial score (nSPS) is 10.8. The summed E-state index contributed by atoms with van der Waals surface area (Å²) in [7, 11) is 0. The minimum absolute atomic E-state index is 0.0844. The van der Waals surface area contributed by atoms with E-state index in [1.165, 1.54) is 48.7 Å². The third-order valence-electron chi connectivity index (χ3n) is 4.45. The number of nitrogens with one attached hydrogen (secondary N) is 2. The highest BCUT2D eigenvalue weighted by Crippen LogP contribution is 2.30. The molecule has 0 fully saturated rings. The Bertz CT molecular complexity index is 1230. The molecule has 3 rings (SSSR count). The lowest BCUT2D eigenvalue weighted by Crippen LogP contribution is -2.19. The lowest BCUT2D eigenvalue weighted by molar-refractivity contribution is -0.385. The molecule has 11 heteroatoms. The second-order valence-electron chi connectivity index (χ2n) is 7.24. The molecule has 1 heterocycles. The molecule has 0 bridgehead atoms. The first-order valence-electron chi connectivity index (χ1n) is 10.0. The zero-order valence-corrected chi connectivity index (χ0v) is 18.2. The summed E-state index contributed by atoms with van der Waals surface area (Å²) in [6.07, 6.45) is 2.38. The van der Waals surface area contributed by atoms with Crippen LogP contribution in [0.4, 0.5) is 11.4 Å². The molecule has 34 heavy (non-hydrogen) atoms. The minimum Gasteiger partial charge on any atom is -0.457 e. The monoisotopic (exact) mass is 464 g/mol.